The van der Waals surface area contributed by atoms with Crippen LogP contribution in [0.5, 0.6) is 0 Å². The standard InChI is InChI=1S/C30H41N11O/c1-7-33-24-25(36-29(37-26(24)31)41-14-13-40-12-8-9-20(40)17-41)27(32)34-21-15-19(11-10-18(21)2)28(42)35-23-16-22(30(3,4)5)38-39(23)6/h7,10-11,15-16,20,33H,1,8-9,12-14,17H2,2-6H3,(H2,32,34)(H,35,42)(H2,31,36,37). The number of aliphatic imine (C=N–C) groups is 1. The van der Waals surface area contributed by atoms with Gasteiger partial charge in [0.1, 0.15) is 17.2 Å². The topological polar surface area (TPSA) is 156 Å². The van der Waals surface area contributed by atoms with Crippen LogP contribution in [-0.4, -0.2) is 68.6 Å². The number of hydrogen-bond acceptors (Lipinski definition) is 9. The van der Waals surface area contributed by atoms with Gasteiger partial charge in [0.05, 0.1) is 11.4 Å². The normalized spacial score (nSPS) is 17.7. The number of nitrogens with zero attached hydrogens (tertiary/aromatic N) is 7. The van der Waals surface area contributed by atoms with Gasteiger partial charge < -0.3 is 27.0 Å². The van der Waals surface area contributed by atoms with Crippen molar-refractivity contribution >= 4 is 40.7 Å². The number of benzene rings is 1. The number of aromatic nitrogens is 4. The zero-order valence-corrected chi connectivity index (χ0v) is 25.1. The van der Waals surface area contributed by atoms with Crippen molar-refractivity contribution in [3.05, 3.63) is 59.6 Å². The van der Waals surface area contributed by atoms with Crippen LogP contribution in [0.2, 0.25) is 0 Å². The SMILES string of the molecule is C=CNc1c(N)nc(N2CCN3CCCC3C2)nc1C(N)=Nc1cc(C(=O)Nc2cc(C(C)(C)C)nn2C)ccc1C. The molecule has 2 aromatic heterocycles. The maximum absolute atomic E-state index is 13.2. The summed E-state index contributed by atoms with van der Waals surface area (Å²) in [5.41, 5.74) is 16.4. The van der Waals surface area contributed by atoms with Crippen LogP contribution in [-0.2, 0) is 12.5 Å². The minimum Gasteiger partial charge on any atom is -0.382 e. The number of nitrogens with two attached hydrogens (primary N) is 2. The van der Waals surface area contributed by atoms with E-state index >= 15 is 0 Å². The van der Waals surface area contributed by atoms with E-state index in [2.05, 4.69) is 57.9 Å². The number of aryl methyl sites for hydroxylation is 2. The van der Waals surface area contributed by atoms with Crippen LogP contribution in [0.25, 0.3) is 0 Å². The Morgan fingerprint density at radius 1 is 1.19 bits per heavy atom. The number of nitrogen functional groups attached to an aromatic ring is 1. The Hall–Kier alpha value is -4.45. The number of rotatable bonds is 7. The molecule has 2 aliphatic heterocycles. The Labute approximate surface area is 246 Å². The Balaban J connectivity index is 1.44. The Morgan fingerprint density at radius 3 is 2.69 bits per heavy atom. The fourth-order valence-electron chi connectivity index (χ4n) is 5.40. The number of carbonyl (C=O) groups is 1. The summed E-state index contributed by atoms with van der Waals surface area (Å²) >= 11 is 0. The molecule has 0 spiro atoms. The second kappa shape index (κ2) is 11.4. The first kappa shape index (κ1) is 29.1. The molecule has 0 aliphatic carbocycles. The number of carbonyl (C=O) groups excluding carboxylic acids is 1. The van der Waals surface area contributed by atoms with E-state index in [1.165, 1.54) is 19.0 Å². The molecule has 5 rings (SSSR count). The summed E-state index contributed by atoms with van der Waals surface area (Å²) < 4.78 is 1.67. The molecule has 0 bridgehead atoms. The van der Waals surface area contributed by atoms with E-state index in [0.29, 0.717) is 40.4 Å². The van der Waals surface area contributed by atoms with E-state index in [9.17, 15) is 4.79 Å². The van der Waals surface area contributed by atoms with Crippen LogP contribution in [0.3, 0.4) is 0 Å². The van der Waals surface area contributed by atoms with Crippen molar-refractivity contribution in [3.8, 4) is 0 Å². The molecular weight excluding hydrogens is 530 g/mol. The van der Waals surface area contributed by atoms with Crippen LogP contribution in [0, 0.1) is 6.92 Å². The Morgan fingerprint density at radius 2 is 1.98 bits per heavy atom. The van der Waals surface area contributed by atoms with Gasteiger partial charge >= 0.3 is 0 Å². The second-order valence-corrected chi connectivity index (χ2v) is 12.0. The highest BCUT2D eigenvalue weighted by atomic mass is 16.1. The van der Waals surface area contributed by atoms with E-state index in [1.807, 2.05) is 19.1 Å². The number of amides is 1. The molecule has 3 aromatic rings. The molecule has 4 heterocycles. The van der Waals surface area contributed by atoms with Crippen molar-refractivity contribution in [1.29, 1.82) is 0 Å². The summed E-state index contributed by atoms with van der Waals surface area (Å²) in [5.74, 6) is 1.27. The third-order valence-electron chi connectivity index (χ3n) is 7.89. The summed E-state index contributed by atoms with van der Waals surface area (Å²) in [6, 6.07) is 7.70. The molecule has 12 nitrogen and oxygen atoms in total. The minimum atomic E-state index is -0.276. The predicted molar refractivity (Wildman–Crippen MR) is 168 cm³/mol. The summed E-state index contributed by atoms with van der Waals surface area (Å²) in [4.78, 5) is 32.0. The van der Waals surface area contributed by atoms with Crippen molar-refractivity contribution in [2.24, 2.45) is 17.8 Å². The van der Waals surface area contributed by atoms with Gasteiger partial charge in [0.2, 0.25) is 5.95 Å². The van der Waals surface area contributed by atoms with Crippen LogP contribution >= 0.6 is 0 Å². The third-order valence-corrected chi connectivity index (χ3v) is 7.89. The highest BCUT2D eigenvalue weighted by Gasteiger charge is 2.32. The molecule has 1 amide bonds. The zero-order chi connectivity index (χ0) is 30.2. The number of piperazine rings is 1. The van der Waals surface area contributed by atoms with Gasteiger partial charge in [-0.1, -0.05) is 33.4 Å². The van der Waals surface area contributed by atoms with Gasteiger partial charge in [-0.3, -0.25) is 14.4 Å². The minimum absolute atomic E-state index is 0.140. The van der Waals surface area contributed by atoms with E-state index in [-0.39, 0.29) is 23.0 Å². The van der Waals surface area contributed by atoms with E-state index in [0.717, 1.165) is 37.4 Å². The average Bonchev–Trinajstić information content (AvgIpc) is 3.56. The molecule has 2 fully saturated rings. The van der Waals surface area contributed by atoms with Gasteiger partial charge in [-0.2, -0.15) is 10.1 Å². The van der Waals surface area contributed by atoms with Crippen molar-refractivity contribution in [2.45, 2.75) is 52.0 Å². The number of hydrogen-bond donors (Lipinski definition) is 4. The van der Waals surface area contributed by atoms with Crippen LogP contribution in [0.1, 0.15) is 60.9 Å². The van der Waals surface area contributed by atoms with Crippen molar-refractivity contribution in [1.82, 2.24) is 24.6 Å². The first-order valence-corrected chi connectivity index (χ1v) is 14.3. The first-order valence-electron chi connectivity index (χ1n) is 14.3. The van der Waals surface area contributed by atoms with Crippen LogP contribution in [0.15, 0.2) is 42.0 Å². The largest absolute Gasteiger partial charge is 0.382 e. The lowest BCUT2D eigenvalue weighted by Gasteiger charge is -2.37. The number of fused-ring (bicyclic) bond motifs is 1. The molecule has 2 aliphatic rings. The highest BCUT2D eigenvalue weighted by molar-refractivity contribution is 6.06. The number of anilines is 4. The van der Waals surface area contributed by atoms with E-state index in [1.54, 1.807) is 23.9 Å². The fourth-order valence-corrected chi connectivity index (χ4v) is 5.40. The number of nitrogens with one attached hydrogen (secondary N) is 2. The van der Waals surface area contributed by atoms with Gasteiger partial charge in [0.15, 0.2) is 11.7 Å². The monoisotopic (exact) mass is 571 g/mol. The second-order valence-electron chi connectivity index (χ2n) is 12.0. The summed E-state index contributed by atoms with van der Waals surface area (Å²) in [6.07, 6.45) is 3.88. The fraction of sp³-hybridized carbons (Fsp3) is 0.433. The van der Waals surface area contributed by atoms with Gasteiger partial charge in [-0.05, 0) is 50.2 Å². The number of amidine groups is 1. The highest BCUT2D eigenvalue weighted by Crippen LogP contribution is 2.29. The smallest absolute Gasteiger partial charge is 0.256 e. The molecule has 0 radical (unpaired) electrons. The molecule has 6 N–H and O–H groups in total. The molecule has 42 heavy (non-hydrogen) atoms. The zero-order valence-electron chi connectivity index (χ0n) is 25.1. The van der Waals surface area contributed by atoms with Crippen LogP contribution in [0.4, 0.5) is 29.0 Å². The average molecular weight is 572 g/mol. The van der Waals surface area contributed by atoms with E-state index < -0.39 is 0 Å². The molecule has 222 valence electrons. The molecule has 12 heteroatoms. The summed E-state index contributed by atoms with van der Waals surface area (Å²) in [7, 11) is 1.81. The molecule has 1 atom stereocenters. The van der Waals surface area contributed by atoms with Gasteiger partial charge in [0.25, 0.3) is 5.91 Å². The lowest BCUT2D eigenvalue weighted by molar-refractivity contribution is 0.102. The molecule has 0 saturated carbocycles. The molecular formula is C30H41N11O. The van der Waals surface area contributed by atoms with Crippen molar-refractivity contribution < 1.29 is 4.79 Å². The van der Waals surface area contributed by atoms with Gasteiger partial charge in [0, 0.05) is 49.8 Å². The maximum atomic E-state index is 13.2. The first-order chi connectivity index (χ1) is 19.9. The molecule has 1 aromatic carbocycles. The Bertz CT molecular complexity index is 1530. The van der Waals surface area contributed by atoms with Crippen molar-refractivity contribution in [3.63, 3.8) is 0 Å². The van der Waals surface area contributed by atoms with Crippen LogP contribution < -0.4 is 27.0 Å². The van der Waals surface area contributed by atoms with Gasteiger partial charge in [-0.15, -0.1) is 0 Å². The third kappa shape index (κ3) is 5.94. The summed E-state index contributed by atoms with van der Waals surface area (Å²) in [6.45, 7) is 15.7. The molecule has 2 saturated heterocycles. The lowest BCUT2D eigenvalue weighted by atomic mass is 9.92. The van der Waals surface area contributed by atoms with Crippen molar-refractivity contribution in [2.75, 3.05) is 47.4 Å². The maximum Gasteiger partial charge on any atom is 0.256 e. The molecule has 1 unspecified atom stereocenters. The lowest BCUT2D eigenvalue weighted by Crippen LogP contribution is -2.50. The quantitative estimate of drug-likeness (QED) is 0.246. The summed E-state index contributed by atoms with van der Waals surface area (Å²) in [5, 5.41) is 10.5. The van der Waals surface area contributed by atoms with E-state index in [4.69, 9.17) is 21.4 Å². The van der Waals surface area contributed by atoms with Gasteiger partial charge in [-0.25, -0.2) is 9.98 Å². The Kier molecular flexibility index (Phi) is 7.91. The predicted octanol–water partition coefficient (Wildman–Crippen LogP) is 3.53.